The summed E-state index contributed by atoms with van der Waals surface area (Å²) in [6, 6.07) is 17.0. The van der Waals surface area contributed by atoms with E-state index in [1.54, 1.807) is 6.07 Å². The van der Waals surface area contributed by atoms with Crippen LogP contribution in [-0.2, 0) is 17.8 Å². The Morgan fingerprint density at radius 2 is 1.96 bits per heavy atom. The molecule has 1 amide bonds. The van der Waals surface area contributed by atoms with Crippen LogP contribution in [0.1, 0.15) is 30.9 Å². The van der Waals surface area contributed by atoms with Crippen molar-refractivity contribution in [3.05, 3.63) is 76.1 Å². The minimum Gasteiger partial charge on any atom is -0.494 e. The standard InChI is InChI=1S/C22H24N2O3/c1-2-3-11-27-19-9-6-7-16(12-19)15-23-21(25)14-18-13-17-8-4-5-10-20(17)24-22(18)26/h4-10,12-13H,2-3,11,14-15H2,1H3,(H,23,25)(H,24,26). The number of nitrogens with one attached hydrogen (secondary N) is 2. The third kappa shape index (κ3) is 5.20. The lowest BCUT2D eigenvalue weighted by atomic mass is 10.1. The fourth-order valence-electron chi connectivity index (χ4n) is 2.84. The molecule has 0 aliphatic heterocycles. The number of amides is 1. The highest BCUT2D eigenvalue weighted by molar-refractivity contribution is 5.82. The predicted molar refractivity (Wildman–Crippen MR) is 107 cm³/mol. The molecule has 140 valence electrons. The SMILES string of the molecule is CCCCOc1cccc(CNC(=O)Cc2cc3ccccc3[nH]c2=O)c1. The number of benzene rings is 2. The van der Waals surface area contributed by atoms with Gasteiger partial charge in [-0.1, -0.05) is 43.7 Å². The second-order valence-electron chi connectivity index (χ2n) is 6.51. The van der Waals surface area contributed by atoms with E-state index < -0.39 is 0 Å². The molecule has 2 aromatic carbocycles. The number of rotatable bonds is 8. The first-order chi connectivity index (χ1) is 13.2. The largest absolute Gasteiger partial charge is 0.494 e. The van der Waals surface area contributed by atoms with Crippen molar-refractivity contribution >= 4 is 16.8 Å². The third-order valence-corrected chi connectivity index (χ3v) is 4.34. The Bertz CT molecular complexity index is 978. The van der Waals surface area contributed by atoms with Crippen LogP contribution in [0.3, 0.4) is 0 Å². The summed E-state index contributed by atoms with van der Waals surface area (Å²) >= 11 is 0. The van der Waals surface area contributed by atoms with E-state index in [1.165, 1.54) is 0 Å². The number of unbranched alkanes of at least 4 members (excludes halogenated alkanes) is 1. The summed E-state index contributed by atoms with van der Waals surface area (Å²) < 4.78 is 5.69. The molecule has 0 unspecified atom stereocenters. The number of ether oxygens (including phenoxy) is 1. The van der Waals surface area contributed by atoms with Crippen molar-refractivity contribution in [3.63, 3.8) is 0 Å². The number of aromatic nitrogens is 1. The van der Waals surface area contributed by atoms with E-state index in [-0.39, 0.29) is 17.9 Å². The van der Waals surface area contributed by atoms with Gasteiger partial charge in [0.2, 0.25) is 5.91 Å². The highest BCUT2D eigenvalue weighted by atomic mass is 16.5. The summed E-state index contributed by atoms with van der Waals surface area (Å²) in [5, 5.41) is 3.78. The zero-order valence-corrected chi connectivity index (χ0v) is 15.5. The van der Waals surface area contributed by atoms with Gasteiger partial charge in [-0.2, -0.15) is 0 Å². The lowest BCUT2D eigenvalue weighted by Crippen LogP contribution is -2.27. The van der Waals surface area contributed by atoms with Gasteiger partial charge in [-0.15, -0.1) is 0 Å². The second-order valence-corrected chi connectivity index (χ2v) is 6.51. The molecule has 3 aromatic rings. The number of pyridine rings is 1. The lowest BCUT2D eigenvalue weighted by Gasteiger charge is -2.09. The van der Waals surface area contributed by atoms with Crippen molar-refractivity contribution in [2.45, 2.75) is 32.7 Å². The Hall–Kier alpha value is -3.08. The van der Waals surface area contributed by atoms with E-state index in [0.29, 0.717) is 18.7 Å². The Kier molecular flexibility index (Phi) is 6.26. The maximum Gasteiger partial charge on any atom is 0.252 e. The molecule has 0 radical (unpaired) electrons. The van der Waals surface area contributed by atoms with Crippen LogP contribution in [0.5, 0.6) is 5.75 Å². The molecule has 5 heteroatoms. The first-order valence-electron chi connectivity index (χ1n) is 9.25. The molecule has 2 N–H and O–H groups in total. The number of aromatic amines is 1. The number of para-hydroxylation sites is 1. The lowest BCUT2D eigenvalue weighted by molar-refractivity contribution is -0.120. The van der Waals surface area contributed by atoms with Crippen LogP contribution in [0.25, 0.3) is 10.9 Å². The average Bonchev–Trinajstić information content (AvgIpc) is 2.67. The van der Waals surface area contributed by atoms with Crippen molar-refractivity contribution in [1.82, 2.24) is 10.3 Å². The van der Waals surface area contributed by atoms with E-state index in [1.807, 2.05) is 48.5 Å². The van der Waals surface area contributed by atoms with Crippen LogP contribution < -0.4 is 15.6 Å². The van der Waals surface area contributed by atoms with Gasteiger partial charge < -0.3 is 15.0 Å². The van der Waals surface area contributed by atoms with Gasteiger partial charge in [0.05, 0.1) is 13.0 Å². The van der Waals surface area contributed by atoms with Gasteiger partial charge in [-0.05, 0) is 41.6 Å². The van der Waals surface area contributed by atoms with Gasteiger partial charge in [0.25, 0.3) is 5.56 Å². The smallest absolute Gasteiger partial charge is 0.252 e. The first-order valence-corrected chi connectivity index (χ1v) is 9.25. The molecule has 1 heterocycles. The fraction of sp³-hybridized carbons (Fsp3) is 0.273. The van der Waals surface area contributed by atoms with Crippen LogP contribution in [0.2, 0.25) is 0 Å². The summed E-state index contributed by atoms with van der Waals surface area (Å²) in [7, 11) is 0. The monoisotopic (exact) mass is 364 g/mol. The molecule has 0 saturated carbocycles. The van der Waals surface area contributed by atoms with Crippen LogP contribution in [-0.4, -0.2) is 17.5 Å². The second kappa shape index (κ2) is 9.03. The highest BCUT2D eigenvalue weighted by Crippen LogP contribution is 2.14. The van der Waals surface area contributed by atoms with E-state index in [4.69, 9.17) is 4.74 Å². The summed E-state index contributed by atoms with van der Waals surface area (Å²) in [5.74, 6) is 0.620. The van der Waals surface area contributed by atoms with Gasteiger partial charge in [0.1, 0.15) is 5.75 Å². The Labute approximate surface area is 158 Å². The molecule has 0 aliphatic carbocycles. The minimum absolute atomic E-state index is 0.0485. The molecule has 0 saturated heterocycles. The molecule has 0 bridgehead atoms. The first kappa shape index (κ1) is 18.7. The van der Waals surface area contributed by atoms with Crippen molar-refractivity contribution in [1.29, 1.82) is 0 Å². The third-order valence-electron chi connectivity index (χ3n) is 4.34. The maximum atomic E-state index is 12.3. The van der Waals surface area contributed by atoms with E-state index >= 15 is 0 Å². The molecule has 0 fully saturated rings. The van der Waals surface area contributed by atoms with Gasteiger partial charge in [-0.25, -0.2) is 0 Å². The molecule has 5 nitrogen and oxygen atoms in total. The fourth-order valence-corrected chi connectivity index (χ4v) is 2.84. The average molecular weight is 364 g/mol. The summed E-state index contributed by atoms with van der Waals surface area (Å²) in [6.07, 6.45) is 2.15. The number of H-pyrrole nitrogens is 1. The van der Waals surface area contributed by atoms with Crippen LogP contribution >= 0.6 is 0 Å². The topological polar surface area (TPSA) is 71.2 Å². The summed E-state index contributed by atoms with van der Waals surface area (Å²) in [4.78, 5) is 27.3. The van der Waals surface area contributed by atoms with E-state index in [2.05, 4.69) is 17.2 Å². The van der Waals surface area contributed by atoms with Crippen LogP contribution in [0.4, 0.5) is 0 Å². The predicted octanol–water partition coefficient (Wildman–Crippen LogP) is 3.57. The summed E-state index contributed by atoms with van der Waals surface area (Å²) in [5.41, 5.74) is 1.97. The molecule has 0 spiro atoms. The number of carbonyl (C=O) groups excluding carboxylic acids is 1. The zero-order chi connectivity index (χ0) is 19.1. The van der Waals surface area contributed by atoms with Crippen LogP contribution in [0, 0.1) is 0 Å². The highest BCUT2D eigenvalue weighted by Gasteiger charge is 2.09. The van der Waals surface area contributed by atoms with Gasteiger partial charge in [0.15, 0.2) is 0 Å². The Morgan fingerprint density at radius 1 is 1.11 bits per heavy atom. The molecule has 0 aliphatic rings. The van der Waals surface area contributed by atoms with Gasteiger partial charge in [-0.3, -0.25) is 9.59 Å². The van der Waals surface area contributed by atoms with Crippen molar-refractivity contribution in [3.8, 4) is 5.75 Å². The Balaban J connectivity index is 1.59. The molecular weight excluding hydrogens is 340 g/mol. The van der Waals surface area contributed by atoms with Gasteiger partial charge >= 0.3 is 0 Å². The normalized spacial score (nSPS) is 10.7. The Morgan fingerprint density at radius 3 is 2.81 bits per heavy atom. The quantitative estimate of drug-likeness (QED) is 0.600. The van der Waals surface area contributed by atoms with E-state index in [9.17, 15) is 9.59 Å². The number of fused-ring (bicyclic) bond motifs is 1. The number of hydrogen-bond donors (Lipinski definition) is 2. The molecule has 27 heavy (non-hydrogen) atoms. The summed E-state index contributed by atoms with van der Waals surface area (Å²) in [6.45, 7) is 3.21. The molecular formula is C22H24N2O3. The van der Waals surface area contributed by atoms with E-state index in [0.717, 1.165) is 35.1 Å². The minimum atomic E-state index is -0.227. The van der Waals surface area contributed by atoms with Crippen LogP contribution in [0.15, 0.2) is 59.4 Å². The van der Waals surface area contributed by atoms with Crippen molar-refractivity contribution in [2.75, 3.05) is 6.61 Å². The number of carbonyl (C=O) groups is 1. The molecule has 0 atom stereocenters. The maximum absolute atomic E-state index is 12.3. The van der Waals surface area contributed by atoms with Gasteiger partial charge in [0, 0.05) is 17.6 Å². The zero-order valence-electron chi connectivity index (χ0n) is 15.5. The van der Waals surface area contributed by atoms with Crippen molar-refractivity contribution in [2.24, 2.45) is 0 Å². The number of hydrogen-bond acceptors (Lipinski definition) is 3. The molecule has 1 aromatic heterocycles. The molecule has 3 rings (SSSR count). The van der Waals surface area contributed by atoms with Crippen molar-refractivity contribution < 1.29 is 9.53 Å².